The maximum atomic E-state index is 6.16. The van der Waals surface area contributed by atoms with Crippen molar-refractivity contribution in [2.24, 2.45) is 12.5 Å². The Morgan fingerprint density at radius 2 is 1.86 bits per heavy atom. The molecule has 0 saturated carbocycles. The van der Waals surface area contributed by atoms with Crippen LogP contribution in [0.2, 0.25) is 0 Å². The molecule has 3 N–H and O–H groups in total. The second-order valence-corrected chi connectivity index (χ2v) is 8.34. The van der Waals surface area contributed by atoms with Crippen LogP contribution in [0.3, 0.4) is 0 Å². The number of nitrogens with zero attached hydrogens (tertiary/aromatic N) is 6. The first-order valence-corrected chi connectivity index (χ1v) is 9.42. The summed E-state index contributed by atoms with van der Waals surface area (Å²) in [5.41, 5.74) is 9.11. The molecule has 148 valence electrons. The predicted molar refractivity (Wildman–Crippen MR) is 115 cm³/mol. The summed E-state index contributed by atoms with van der Waals surface area (Å²) in [6, 6.07) is 8.01. The van der Waals surface area contributed by atoms with Crippen molar-refractivity contribution in [3.05, 3.63) is 48.4 Å². The maximum absolute atomic E-state index is 6.16. The average molecular weight is 388 g/mol. The third kappa shape index (κ3) is 4.16. The molecule has 0 saturated heterocycles. The Bertz CT molecular complexity index is 1170. The van der Waals surface area contributed by atoms with Crippen molar-refractivity contribution in [1.29, 1.82) is 0 Å². The Kier molecular flexibility index (Phi) is 4.62. The second kappa shape index (κ2) is 7.12. The van der Waals surface area contributed by atoms with Gasteiger partial charge in [0.2, 0.25) is 0 Å². The van der Waals surface area contributed by atoms with E-state index in [4.69, 9.17) is 5.73 Å². The molecule has 0 fully saturated rings. The number of rotatable bonds is 4. The summed E-state index contributed by atoms with van der Waals surface area (Å²) in [7, 11) is 1.82. The normalized spacial score (nSPS) is 11.7. The summed E-state index contributed by atoms with van der Waals surface area (Å²) in [6.07, 6.45) is 6.18. The third-order valence-electron chi connectivity index (χ3n) is 4.54. The fraction of sp³-hybridized carbons (Fsp3) is 0.286. The van der Waals surface area contributed by atoms with Gasteiger partial charge in [-0.05, 0) is 47.1 Å². The van der Waals surface area contributed by atoms with Gasteiger partial charge >= 0.3 is 0 Å². The van der Waals surface area contributed by atoms with Gasteiger partial charge in [0, 0.05) is 24.8 Å². The Hall–Kier alpha value is -3.55. The maximum Gasteiger partial charge on any atom is 0.133 e. The topological polar surface area (TPSA) is 107 Å². The Labute approximate surface area is 169 Å². The molecule has 4 aromatic heterocycles. The molecule has 0 bridgehead atoms. The summed E-state index contributed by atoms with van der Waals surface area (Å²) < 4.78 is 1.67. The number of nitrogens with one attached hydrogen (secondary N) is 1. The van der Waals surface area contributed by atoms with Crippen LogP contribution in [0.25, 0.3) is 22.2 Å². The quantitative estimate of drug-likeness (QED) is 0.548. The lowest BCUT2D eigenvalue weighted by atomic mass is 9.88. The summed E-state index contributed by atoms with van der Waals surface area (Å²) in [5.74, 6) is 1.87. The van der Waals surface area contributed by atoms with Crippen molar-refractivity contribution in [3.8, 4) is 11.4 Å². The van der Waals surface area contributed by atoms with Crippen molar-refractivity contribution in [2.75, 3.05) is 11.1 Å². The highest BCUT2D eigenvalue weighted by molar-refractivity contribution is 5.94. The number of hydrogen-bond donors (Lipinski definition) is 2. The molecule has 0 aliphatic heterocycles. The molecule has 8 heteroatoms. The average Bonchev–Trinajstić information content (AvgIpc) is 3.06. The minimum atomic E-state index is 0.210. The van der Waals surface area contributed by atoms with Gasteiger partial charge in [-0.3, -0.25) is 0 Å². The van der Waals surface area contributed by atoms with E-state index in [2.05, 4.69) is 57.4 Å². The van der Waals surface area contributed by atoms with Crippen LogP contribution in [0, 0.1) is 5.41 Å². The van der Waals surface area contributed by atoms with E-state index >= 15 is 0 Å². The highest BCUT2D eigenvalue weighted by Crippen LogP contribution is 2.28. The smallest absolute Gasteiger partial charge is 0.133 e. The lowest BCUT2D eigenvalue weighted by Gasteiger charge is -2.18. The lowest BCUT2D eigenvalue weighted by molar-refractivity contribution is 0.411. The van der Waals surface area contributed by atoms with Gasteiger partial charge < -0.3 is 11.1 Å². The van der Waals surface area contributed by atoms with Crippen LogP contribution in [0.15, 0.2) is 42.9 Å². The number of nitrogen functional groups attached to an aromatic ring is 1. The zero-order chi connectivity index (χ0) is 20.6. The van der Waals surface area contributed by atoms with E-state index < -0.39 is 0 Å². The summed E-state index contributed by atoms with van der Waals surface area (Å²) in [6.45, 7) is 6.66. The highest BCUT2D eigenvalue weighted by atomic mass is 15.4. The first-order valence-electron chi connectivity index (χ1n) is 9.42. The standard InChI is InChI=1S/C21H24N8/c1-21(2,3)10-13-5-6-23-18(7-13)27-19-9-14-8-16(17-12-25-28-29(17)4)26-20(22)15(14)11-24-19/h5-9,11-12H,10H2,1-4H3,(H2,22,26)(H,23,24,27). The molecular weight excluding hydrogens is 364 g/mol. The fourth-order valence-electron chi connectivity index (χ4n) is 3.29. The summed E-state index contributed by atoms with van der Waals surface area (Å²) >= 11 is 0. The summed E-state index contributed by atoms with van der Waals surface area (Å²) in [5, 5.41) is 12.9. The van der Waals surface area contributed by atoms with Gasteiger partial charge in [-0.1, -0.05) is 26.0 Å². The predicted octanol–water partition coefficient (Wildman–Crippen LogP) is 3.73. The number of nitrogens with two attached hydrogens (primary N) is 1. The van der Waals surface area contributed by atoms with E-state index in [1.165, 1.54) is 5.56 Å². The van der Waals surface area contributed by atoms with Crippen molar-refractivity contribution in [1.82, 2.24) is 29.9 Å². The van der Waals surface area contributed by atoms with E-state index in [1.54, 1.807) is 17.1 Å². The van der Waals surface area contributed by atoms with Crippen molar-refractivity contribution >= 4 is 28.2 Å². The van der Waals surface area contributed by atoms with Crippen LogP contribution in [0.1, 0.15) is 26.3 Å². The number of aromatic nitrogens is 6. The van der Waals surface area contributed by atoms with E-state index in [0.29, 0.717) is 17.3 Å². The monoisotopic (exact) mass is 388 g/mol. The number of anilines is 3. The molecule has 0 spiro atoms. The SMILES string of the molecule is Cn1nncc1-c1cc2cc(Nc3cc(CC(C)(C)C)ccn3)ncc2c(N)n1. The first kappa shape index (κ1) is 18.8. The Morgan fingerprint density at radius 1 is 1.07 bits per heavy atom. The Morgan fingerprint density at radius 3 is 2.59 bits per heavy atom. The highest BCUT2D eigenvalue weighted by Gasteiger charge is 2.13. The van der Waals surface area contributed by atoms with Crippen LogP contribution in [0.4, 0.5) is 17.5 Å². The van der Waals surface area contributed by atoms with Gasteiger partial charge in [-0.15, -0.1) is 5.10 Å². The number of pyridine rings is 3. The van der Waals surface area contributed by atoms with Crippen LogP contribution in [-0.4, -0.2) is 29.9 Å². The number of aryl methyl sites for hydroxylation is 1. The van der Waals surface area contributed by atoms with Crippen LogP contribution >= 0.6 is 0 Å². The van der Waals surface area contributed by atoms with E-state index in [-0.39, 0.29) is 5.41 Å². The van der Waals surface area contributed by atoms with Gasteiger partial charge in [0.15, 0.2) is 0 Å². The first-order chi connectivity index (χ1) is 13.8. The largest absolute Gasteiger partial charge is 0.383 e. The minimum Gasteiger partial charge on any atom is -0.383 e. The molecule has 8 nitrogen and oxygen atoms in total. The third-order valence-corrected chi connectivity index (χ3v) is 4.54. The number of fused-ring (bicyclic) bond motifs is 1. The molecule has 4 rings (SSSR count). The fourth-order valence-corrected chi connectivity index (χ4v) is 3.29. The molecule has 0 aromatic carbocycles. The molecule has 0 amide bonds. The Balaban J connectivity index is 1.67. The van der Waals surface area contributed by atoms with Gasteiger partial charge in [-0.25, -0.2) is 19.6 Å². The van der Waals surface area contributed by atoms with Gasteiger partial charge in [-0.2, -0.15) is 0 Å². The molecule has 4 aromatic rings. The summed E-state index contributed by atoms with van der Waals surface area (Å²) in [4.78, 5) is 13.4. The van der Waals surface area contributed by atoms with E-state index in [9.17, 15) is 0 Å². The van der Waals surface area contributed by atoms with Gasteiger partial charge in [0.25, 0.3) is 0 Å². The molecule has 0 atom stereocenters. The second-order valence-electron chi connectivity index (χ2n) is 8.34. The molecule has 0 radical (unpaired) electrons. The molecular formula is C21H24N8. The molecule has 4 heterocycles. The van der Waals surface area contributed by atoms with Gasteiger partial charge in [0.05, 0.1) is 11.9 Å². The lowest BCUT2D eigenvalue weighted by Crippen LogP contribution is -2.09. The molecule has 29 heavy (non-hydrogen) atoms. The van der Waals surface area contributed by atoms with Crippen LogP contribution < -0.4 is 11.1 Å². The number of hydrogen-bond acceptors (Lipinski definition) is 7. The van der Waals surface area contributed by atoms with Crippen molar-refractivity contribution in [3.63, 3.8) is 0 Å². The van der Waals surface area contributed by atoms with Crippen LogP contribution in [-0.2, 0) is 13.5 Å². The van der Waals surface area contributed by atoms with E-state index in [1.807, 2.05) is 31.4 Å². The van der Waals surface area contributed by atoms with E-state index in [0.717, 1.165) is 28.7 Å². The van der Waals surface area contributed by atoms with Crippen molar-refractivity contribution < 1.29 is 0 Å². The molecule has 0 unspecified atom stereocenters. The van der Waals surface area contributed by atoms with Gasteiger partial charge in [0.1, 0.15) is 23.1 Å². The van der Waals surface area contributed by atoms with Crippen LogP contribution in [0.5, 0.6) is 0 Å². The minimum absolute atomic E-state index is 0.210. The van der Waals surface area contributed by atoms with Crippen molar-refractivity contribution in [2.45, 2.75) is 27.2 Å². The molecule has 0 aliphatic rings. The zero-order valence-electron chi connectivity index (χ0n) is 17.0. The zero-order valence-corrected chi connectivity index (χ0v) is 17.0. The molecule has 0 aliphatic carbocycles.